The van der Waals surface area contributed by atoms with Gasteiger partial charge in [-0.15, -0.1) is 11.3 Å². The second-order valence-electron chi connectivity index (χ2n) is 10.7. The van der Waals surface area contributed by atoms with Gasteiger partial charge in [0.15, 0.2) is 0 Å². The number of aromatic nitrogens is 3. The first kappa shape index (κ1) is 28.8. The standard InChI is InChI=1S/C34H32ClN5O2S/c1-3-30-28(20-36-40(30)34-37-29(22-43-34)24-14-16-27(35)17-15-24)32(41)38-18-19-39(23(2)21-38)33(42)31(25-10-6-4-7-11-25)26-12-8-5-9-13-26/h4-17,20,22-23,31H,3,18-19,21H2,1-2H3. The molecular formula is C34H32ClN5O2S. The fraction of sp³-hybridized carbons (Fsp3) is 0.235. The zero-order valence-corrected chi connectivity index (χ0v) is 25.6. The zero-order chi connectivity index (χ0) is 29.9. The number of hydrogen-bond acceptors (Lipinski definition) is 5. The van der Waals surface area contributed by atoms with Gasteiger partial charge in [-0.1, -0.05) is 91.3 Å². The summed E-state index contributed by atoms with van der Waals surface area (Å²) in [4.78, 5) is 36.4. The number of carbonyl (C=O) groups excluding carboxylic acids is 2. The van der Waals surface area contributed by atoms with Crippen LogP contribution in [0.2, 0.25) is 5.02 Å². The largest absolute Gasteiger partial charge is 0.336 e. The lowest BCUT2D eigenvalue weighted by Gasteiger charge is -2.41. The summed E-state index contributed by atoms with van der Waals surface area (Å²) in [6, 6.07) is 27.2. The molecule has 0 aliphatic carbocycles. The molecule has 0 bridgehead atoms. The van der Waals surface area contributed by atoms with Gasteiger partial charge >= 0.3 is 0 Å². The van der Waals surface area contributed by atoms with Gasteiger partial charge in [0, 0.05) is 41.6 Å². The molecule has 1 saturated heterocycles. The summed E-state index contributed by atoms with van der Waals surface area (Å²) in [7, 11) is 0. The molecule has 7 nitrogen and oxygen atoms in total. The van der Waals surface area contributed by atoms with Crippen LogP contribution < -0.4 is 0 Å². The van der Waals surface area contributed by atoms with Gasteiger partial charge in [-0.05, 0) is 36.6 Å². The first-order valence-corrected chi connectivity index (χ1v) is 15.7. The number of halogens is 1. The van der Waals surface area contributed by atoms with Crippen molar-refractivity contribution in [1.29, 1.82) is 0 Å². The Morgan fingerprint density at radius 2 is 1.60 bits per heavy atom. The zero-order valence-electron chi connectivity index (χ0n) is 24.1. The lowest BCUT2D eigenvalue weighted by atomic mass is 9.89. The Labute approximate surface area is 260 Å². The number of piperazine rings is 1. The molecule has 0 radical (unpaired) electrons. The third-order valence-corrected chi connectivity index (χ3v) is 9.03. The SMILES string of the molecule is CCc1c(C(=O)N2CCN(C(=O)C(c3ccccc3)c3ccccc3)C(C)C2)cnn1-c1nc(-c2ccc(Cl)cc2)cs1. The van der Waals surface area contributed by atoms with E-state index in [1.807, 2.05) is 114 Å². The summed E-state index contributed by atoms with van der Waals surface area (Å²) in [5, 5.41) is 7.94. The third kappa shape index (κ3) is 5.85. The second kappa shape index (κ2) is 12.5. The normalized spacial score (nSPS) is 15.2. The molecule has 218 valence electrons. The number of amides is 2. The molecule has 2 amide bonds. The number of thiazole rings is 1. The predicted molar refractivity (Wildman–Crippen MR) is 171 cm³/mol. The highest BCUT2D eigenvalue weighted by atomic mass is 35.5. The van der Waals surface area contributed by atoms with Crippen molar-refractivity contribution in [3.63, 3.8) is 0 Å². The Morgan fingerprint density at radius 1 is 0.953 bits per heavy atom. The van der Waals surface area contributed by atoms with E-state index in [1.165, 1.54) is 11.3 Å². The minimum atomic E-state index is -0.395. The number of benzene rings is 3. The van der Waals surface area contributed by atoms with Crippen LogP contribution in [0.3, 0.4) is 0 Å². The lowest BCUT2D eigenvalue weighted by molar-refractivity contribution is -0.135. The Balaban J connectivity index is 1.19. The van der Waals surface area contributed by atoms with Crippen LogP contribution >= 0.6 is 22.9 Å². The maximum absolute atomic E-state index is 14.0. The maximum Gasteiger partial charge on any atom is 0.257 e. The topological polar surface area (TPSA) is 71.3 Å². The molecule has 1 unspecified atom stereocenters. The first-order chi connectivity index (χ1) is 20.9. The molecule has 3 aromatic carbocycles. The average Bonchev–Trinajstić information content (AvgIpc) is 3.70. The van der Waals surface area contributed by atoms with Crippen LogP contribution in [0.5, 0.6) is 0 Å². The molecule has 3 heterocycles. The smallest absolute Gasteiger partial charge is 0.257 e. The number of carbonyl (C=O) groups is 2. The fourth-order valence-electron chi connectivity index (χ4n) is 5.75. The van der Waals surface area contributed by atoms with Crippen molar-refractivity contribution >= 4 is 34.8 Å². The van der Waals surface area contributed by atoms with Crippen LogP contribution in [-0.2, 0) is 11.2 Å². The van der Waals surface area contributed by atoms with Crippen molar-refractivity contribution in [3.05, 3.63) is 124 Å². The molecule has 9 heteroatoms. The molecule has 43 heavy (non-hydrogen) atoms. The van der Waals surface area contributed by atoms with E-state index in [0.29, 0.717) is 41.8 Å². The van der Waals surface area contributed by atoms with E-state index in [9.17, 15) is 9.59 Å². The van der Waals surface area contributed by atoms with Crippen LogP contribution in [0.1, 0.15) is 46.9 Å². The van der Waals surface area contributed by atoms with Crippen LogP contribution in [0, 0.1) is 0 Å². The fourth-order valence-corrected chi connectivity index (χ4v) is 6.69. The van der Waals surface area contributed by atoms with Gasteiger partial charge in [-0.3, -0.25) is 9.59 Å². The highest BCUT2D eigenvalue weighted by Crippen LogP contribution is 2.30. The summed E-state index contributed by atoms with van der Waals surface area (Å²) < 4.78 is 1.77. The second-order valence-corrected chi connectivity index (χ2v) is 12.0. The van der Waals surface area contributed by atoms with Crippen LogP contribution in [0.4, 0.5) is 0 Å². The monoisotopic (exact) mass is 609 g/mol. The van der Waals surface area contributed by atoms with Crippen molar-refractivity contribution in [2.75, 3.05) is 19.6 Å². The highest BCUT2D eigenvalue weighted by Gasteiger charge is 2.35. The summed E-state index contributed by atoms with van der Waals surface area (Å²) in [5.41, 5.74) is 5.12. The molecule has 6 rings (SSSR count). The van der Waals surface area contributed by atoms with E-state index < -0.39 is 5.92 Å². The van der Waals surface area contributed by atoms with Crippen molar-refractivity contribution < 1.29 is 9.59 Å². The Kier molecular flexibility index (Phi) is 8.40. The van der Waals surface area contributed by atoms with Crippen molar-refractivity contribution in [3.8, 4) is 16.4 Å². The van der Waals surface area contributed by atoms with Gasteiger partial charge < -0.3 is 9.80 Å². The molecule has 1 atom stereocenters. The summed E-state index contributed by atoms with van der Waals surface area (Å²) >= 11 is 7.53. The highest BCUT2D eigenvalue weighted by molar-refractivity contribution is 7.12. The van der Waals surface area contributed by atoms with Gasteiger partial charge in [0.2, 0.25) is 11.0 Å². The number of nitrogens with zero attached hydrogens (tertiary/aromatic N) is 5. The lowest BCUT2D eigenvalue weighted by Crippen LogP contribution is -2.56. The maximum atomic E-state index is 14.0. The predicted octanol–water partition coefficient (Wildman–Crippen LogP) is 6.72. The minimum absolute atomic E-state index is 0.0549. The van der Waals surface area contributed by atoms with E-state index in [1.54, 1.807) is 10.9 Å². The Hall–Kier alpha value is -4.27. The quantitative estimate of drug-likeness (QED) is 0.205. The average molecular weight is 610 g/mol. The van der Waals surface area contributed by atoms with E-state index in [-0.39, 0.29) is 17.9 Å². The van der Waals surface area contributed by atoms with E-state index in [0.717, 1.165) is 28.1 Å². The molecule has 0 saturated carbocycles. The van der Waals surface area contributed by atoms with E-state index in [4.69, 9.17) is 16.6 Å². The number of hydrogen-bond donors (Lipinski definition) is 0. The van der Waals surface area contributed by atoms with Gasteiger partial charge in [0.1, 0.15) is 0 Å². The van der Waals surface area contributed by atoms with E-state index >= 15 is 0 Å². The molecule has 1 aliphatic heterocycles. The Bertz CT molecular complexity index is 1680. The molecular weight excluding hydrogens is 578 g/mol. The molecule has 0 spiro atoms. The van der Waals surface area contributed by atoms with Crippen molar-refractivity contribution in [1.82, 2.24) is 24.6 Å². The van der Waals surface area contributed by atoms with E-state index in [2.05, 4.69) is 5.10 Å². The van der Waals surface area contributed by atoms with Crippen molar-refractivity contribution in [2.24, 2.45) is 0 Å². The van der Waals surface area contributed by atoms with Crippen LogP contribution in [0.25, 0.3) is 16.4 Å². The van der Waals surface area contributed by atoms with Crippen LogP contribution in [-0.4, -0.2) is 62.1 Å². The Morgan fingerprint density at radius 3 is 2.21 bits per heavy atom. The van der Waals surface area contributed by atoms with Gasteiger partial charge in [-0.2, -0.15) is 5.10 Å². The van der Waals surface area contributed by atoms with Crippen LogP contribution in [0.15, 0.2) is 96.5 Å². The number of rotatable bonds is 7. The summed E-state index contributed by atoms with van der Waals surface area (Å²) in [6.07, 6.45) is 2.27. The van der Waals surface area contributed by atoms with Gasteiger partial charge in [0.05, 0.1) is 29.1 Å². The molecule has 2 aromatic heterocycles. The van der Waals surface area contributed by atoms with Crippen molar-refractivity contribution in [2.45, 2.75) is 32.2 Å². The first-order valence-electron chi connectivity index (χ1n) is 14.4. The minimum Gasteiger partial charge on any atom is -0.336 e. The molecule has 5 aromatic rings. The molecule has 1 fully saturated rings. The van der Waals surface area contributed by atoms with Gasteiger partial charge in [-0.25, -0.2) is 9.67 Å². The summed E-state index contributed by atoms with van der Waals surface area (Å²) in [6.45, 7) is 5.41. The van der Waals surface area contributed by atoms with Gasteiger partial charge in [0.25, 0.3) is 5.91 Å². The third-order valence-electron chi connectivity index (χ3n) is 7.96. The summed E-state index contributed by atoms with van der Waals surface area (Å²) in [5.74, 6) is -0.411. The molecule has 1 aliphatic rings. The molecule has 0 N–H and O–H groups in total.